The van der Waals surface area contributed by atoms with Crippen LogP contribution >= 0.6 is 0 Å². The van der Waals surface area contributed by atoms with Gasteiger partial charge in [-0.15, -0.1) is 0 Å². The second-order valence-corrected chi connectivity index (χ2v) is 11.3. The molecule has 1 unspecified atom stereocenters. The maximum absolute atomic E-state index is 13.5. The van der Waals surface area contributed by atoms with E-state index in [0.717, 1.165) is 59.6 Å². The number of anilines is 2. The summed E-state index contributed by atoms with van der Waals surface area (Å²) >= 11 is 0. The highest BCUT2D eigenvalue weighted by Crippen LogP contribution is 2.35. The van der Waals surface area contributed by atoms with Crippen LogP contribution < -0.4 is 15.5 Å². The van der Waals surface area contributed by atoms with E-state index in [4.69, 9.17) is 0 Å². The van der Waals surface area contributed by atoms with Gasteiger partial charge in [-0.2, -0.15) is 0 Å². The molecule has 2 N–H and O–H groups in total. The van der Waals surface area contributed by atoms with Gasteiger partial charge >= 0.3 is 0 Å². The molecular formula is C39H37N3O2. The number of piperidine rings is 1. The Kier molecular flexibility index (Phi) is 9.12. The summed E-state index contributed by atoms with van der Waals surface area (Å²) in [4.78, 5) is 29.1. The minimum Gasteiger partial charge on any atom is -0.372 e. The Morgan fingerprint density at radius 1 is 0.682 bits per heavy atom. The van der Waals surface area contributed by atoms with Crippen molar-refractivity contribution in [2.24, 2.45) is 5.92 Å². The van der Waals surface area contributed by atoms with E-state index in [1.165, 1.54) is 0 Å². The van der Waals surface area contributed by atoms with Crippen molar-refractivity contribution >= 4 is 23.2 Å². The van der Waals surface area contributed by atoms with Crippen molar-refractivity contribution in [1.82, 2.24) is 5.32 Å². The molecule has 1 heterocycles. The van der Waals surface area contributed by atoms with E-state index in [-0.39, 0.29) is 23.7 Å². The predicted molar refractivity (Wildman–Crippen MR) is 179 cm³/mol. The normalized spacial score (nSPS) is 14.0. The number of carbonyl (C=O) groups excluding carboxylic acids is 2. The molecule has 5 nitrogen and oxygen atoms in total. The lowest BCUT2D eigenvalue weighted by Gasteiger charge is -2.37. The molecule has 2 amide bonds. The first-order valence-electron chi connectivity index (χ1n) is 15.3. The first-order valence-corrected chi connectivity index (χ1v) is 15.3. The molecule has 0 aliphatic carbocycles. The van der Waals surface area contributed by atoms with Gasteiger partial charge in [-0.3, -0.25) is 9.59 Å². The SMILES string of the molecule is O=C(Nc1ccc(N2CCC(C(C(=O)NCc3ccccc3)c3ccccc3)CC2)cc1)c1ccccc1-c1ccccc1. The van der Waals surface area contributed by atoms with E-state index in [1.807, 2.05) is 115 Å². The molecule has 5 aromatic rings. The fourth-order valence-corrected chi connectivity index (χ4v) is 6.19. The van der Waals surface area contributed by atoms with Crippen molar-refractivity contribution in [3.8, 4) is 11.1 Å². The fraction of sp³-hybridized carbons (Fsp3) is 0.179. The molecule has 1 saturated heterocycles. The van der Waals surface area contributed by atoms with Gasteiger partial charge in [0.05, 0.1) is 5.92 Å². The Balaban J connectivity index is 1.09. The van der Waals surface area contributed by atoms with Crippen LogP contribution in [-0.4, -0.2) is 24.9 Å². The molecular weight excluding hydrogens is 542 g/mol. The summed E-state index contributed by atoms with van der Waals surface area (Å²) in [6, 6.07) is 46.0. The van der Waals surface area contributed by atoms with E-state index in [1.54, 1.807) is 0 Å². The number of rotatable bonds is 9. The van der Waals surface area contributed by atoms with Gasteiger partial charge in [0.25, 0.3) is 5.91 Å². The minimum absolute atomic E-state index is 0.0902. The molecule has 1 aliphatic rings. The van der Waals surface area contributed by atoms with Gasteiger partial charge in [0.1, 0.15) is 0 Å². The van der Waals surface area contributed by atoms with Gasteiger partial charge in [0.15, 0.2) is 0 Å². The lowest BCUT2D eigenvalue weighted by molar-refractivity contribution is -0.124. The highest BCUT2D eigenvalue weighted by molar-refractivity contribution is 6.08. The molecule has 0 aromatic heterocycles. The van der Waals surface area contributed by atoms with Crippen molar-refractivity contribution in [2.45, 2.75) is 25.3 Å². The van der Waals surface area contributed by atoms with Crippen LogP contribution in [0.2, 0.25) is 0 Å². The smallest absolute Gasteiger partial charge is 0.256 e. The number of hydrogen-bond donors (Lipinski definition) is 2. The quantitative estimate of drug-likeness (QED) is 0.186. The van der Waals surface area contributed by atoms with Crippen LogP contribution in [-0.2, 0) is 11.3 Å². The Labute approximate surface area is 259 Å². The Morgan fingerprint density at radius 3 is 1.95 bits per heavy atom. The summed E-state index contributed by atoms with van der Waals surface area (Å²) < 4.78 is 0. The van der Waals surface area contributed by atoms with Gasteiger partial charge in [-0.05, 0) is 71.3 Å². The fourth-order valence-electron chi connectivity index (χ4n) is 6.19. The summed E-state index contributed by atoms with van der Waals surface area (Å²) in [7, 11) is 0. The van der Waals surface area contributed by atoms with E-state index in [2.05, 4.69) is 39.8 Å². The van der Waals surface area contributed by atoms with Gasteiger partial charge in [-0.1, -0.05) is 109 Å². The molecule has 220 valence electrons. The molecule has 6 rings (SSSR count). The summed E-state index contributed by atoms with van der Waals surface area (Å²) in [5, 5.41) is 6.27. The maximum atomic E-state index is 13.5. The van der Waals surface area contributed by atoms with Crippen LogP contribution in [0, 0.1) is 5.92 Å². The lowest BCUT2D eigenvalue weighted by Crippen LogP contribution is -2.40. The number of hydrogen-bond acceptors (Lipinski definition) is 3. The second-order valence-electron chi connectivity index (χ2n) is 11.3. The van der Waals surface area contributed by atoms with Crippen LogP contribution in [0.25, 0.3) is 11.1 Å². The van der Waals surface area contributed by atoms with Crippen molar-refractivity contribution in [1.29, 1.82) is 0 Å². The molecule has 5 aromatic carbocycles. The topological polar surface area (TPSA) is 61.4 Å². The van der Waals surface area contributed by atoms with E-state index >= 15 is 0 Å². The Morgan fingerprint density at radius 2 is 1.27 bits per heavy atom. The van der Waals surface area contributed by atoms with Gasteiger partial charge in [-0.25, -0.2) is 0 Å². The van der Waals surface area contributed by atoms with Crippen molar-refractivity contribution in [3.63, 3.8) is 0 Å². The van der Waals surface area contributed by atoms with Gasteiger partial charge < -0.3 is 15.5 Å². The third-order valence-electron chi connectivity index (χ3n) is 8.51. The molecule has 1 fully saturated rings. The summed E-state index contributed by atoms with van der Waals surface area (Å²) in [6.07, 6.45) is 1.85. The van der Waals surface area contributed by atoms with Crippen LogP contribution in [0.5, 0.6) is 0 Å². The van der Waals surface area contributed by atoms with Crippen LogP contribution in [0.1, 0.15) is 40.2 Å². The molecule has 1 aliphatic heterocycles. The molecule has 44 heavy (non-hydrogen) atoms. The average molecular weight is 580 g/mol. The largest absolute Gasteiger partial charge is 0.372 e. The van der Waals surface area contributed by atoms with E-state index in [9.17, 15) is 9.59 Å². The summed E-state index contributed by atoms with van der Waals surface area (Å²) in [5.41, 5.74) is 6.62. The zero-order valence-electron chi connectivity index (χ0n) is 24.7. The third kappa shape index (κ3) is 6.90. The first kappa shape index (κ1) is 28.9. The number of nitrogens with zero attached hydrogens (tertiary/aromatic N) is 1. The molecule has 0 radical (unpaired) electrons. The highest BCUT2D eigenvalue weighted by atomic mass is 16.2. The monoisotopic (exact) mass is 579 g/mol. The summed E-state index contributed by atoms with van der Waals surface area (Å²) in [6.45, 7) is 2.27. The van der Waals surface area contributed by atoms with Crippen molar-refractivity contribution in [3.05, 3.63) is 156 Å². The number of nitrogens with one attached hydrogen (secondary N) is 2. The molecule has 0 bridgehead atoms. The second kappa shape index (κ2) is 13.9. The zero-order chi connectivity index (χ0) is 30.1. The molecule has 0 saturated carbocycles. The third-order valence-corrected chi connectivity index (χ3v) is 8.51. The van der Waals surface area contributed by atoms with E-state index < -0.39 is 0 Å². The molecule has 0 spiro atoms. The summed E-state index contributed by atoms with van der Waals surface area (Å²) in [5.74, 6) is 0.0361. The van der Waals surface area contributed by atoms with Gasteiger partial charge in [0, 0.05) is 36.6 Å². The van der Waals surface area contributed by atoms with E-state index in [0.29, 0.717) is 12.1 Å². The number of benzene rings is 5. The molecule has 5 heteroatoms. The zero-order valence-corrected chi connectivity index (χ0v) is 24.7. The maximum Gasteiger partial charge on any atom is 0.256 e. The van der Waals surface area contributed by atoms with Crippen LogP contribution in [0.4, 0.5) is 11.4 Å². The first-order chi connectivity index (χ1) is 21.7. The van der Waals surface area contributed by atoms with Crippen molar-refractivity contribution < 1.29 is 9.59 Å². The van der Waals surface area contributed by atoms with Crippen LogP contribution in [0.3, 0.4) is 0 Å². The van der Waals surface area contributed by atoms with Crippen molar-refractivity contribution in [2.75, 3.05) is 23.3 Å². The molecule has 1 atom stereocenters. The minimum atomic E-state index is -0.182. The predicted octanol–water partition coefficient (Wildman–Crippen LogP) is 7.92. The lowest BCUT2D eigenvalue weighted by atomic mass is 9.79. The Hall–Kier alpha value is -5.16. The highest BCUT2D eigenvalue weighted by Gasteiger charge is 2.32. The Bertz CT molecular complexity index is 1660. The average Bonchev–Trinajstić information content (AvgIpc) is 3.09. The standard InChI is InChI=1S/C39H37N3O2/c43-38(36-19-11-10-18-35(36)30-14-6-2-7-15-30)41-33-20-22-34(23-21-33)42-26-24-32(25-27-42)37(31-16-8-3-9-17-31)39(44)40-28-29-12-4-1-5-13-29/h1-23,32,37H,24-28H2,(H,40,44)(H,41,43). The van der Waals surface area contributed by atoms with Gasteiger partial charge in [0.2, 0.25) is 5.91 Å². The number of carbonyl (C=O) groups is 2. The number of amides is 2. The van der Waals surface area contributed by atoms with Crippen LogP contribution in [0.15, 0.2) is 140 Å².